The fourth-order valence-corrected chi connectivity index (χ4v) is 2.27. The molecule has 0 heterocycles. The Hall–Kier alpha value is -1.31. The largest absolute Gasteiger partial charge is 0.279 e. The lowest BCUT2D eigenvalue weighted by Gasteiger charge is -2.20. The molecular weight excluding hydrogens is 196 g/mol. The number of hydrogen-bond acceptors (Lipinski definition) is 2. The Morgan fingerprint density at radius 3 is 2.44 bits per heavy atom. The van der Waals surface area contributed by atoms with Crippen molar-refractivity contribution in [2.45, 2.75) is 47.0 Å². The predicted molar refractivity (Wildman–Crippen MR) is 72.5 cm³/mol. The number of nitrogens with one attached hydrogen (secondary N) is 1. The van der Waals surface area contributed by atoms with E-state index in [4.69, 9.17) is 0 Å². The first-order chi connectivity index (χ1) is 7.52. The molecule has 2 heteroatoms. The molecule has 0 aliphatic carbocycles. The number of hydrogen-bond donors (Lipinski definition) is 1. The molecule has 1 aromatic carbocycles. The van der Waals surface area contributed by atoms with E-state index in [0.29, 0.717) is 5.92 Å². The van der Waals surface area contributed by atoms with Crippen LogP contribution in [-0.4, -0.2) is 6.72 Å². The highest BCUT2D eigenvalue weighted by molar-refractivity contribution is 5.60. The summed E-state index contributed by atoms with van der Waals surface area (Å²) in [5, 5.41) is 3.74. The third-order valence-corrected chi connectivity index (χ3v) is 3.46. The minimum absolute atomic E-state index is 0.615. The van der Waals surface area contributed by atoms with Crippen LogP contribution in [0.2, 0.25) is 0 Å². The third kappa shape index (κ3) is 2.26. The molecule has 0 saturated carbocycles. The van der Waals surface area contributed by atoms with Gasteiger partial charge in [0.2, 0.25) is 0 Å². The summed E-state index contributed by atoms with van der Waals surface area (Å²) in [5.41, 5.74) is 9.49. The van der Waals surface area contributed by atoms with Gasteiger partial charge in [-0.25, -0.2) is 0 Å². The Kier molecular flexibility index (Phi) is 4.11. The SMILES string of the molecule is C=NNc1cc(C)c(C(C)CC)c(C)c1C. The van der Waals surface area contributed by atoms with Crippen molar-refractivity contribution in [3.63, 3.8) is 0 Å². The standard InChI is InChI=1S/C14H22N2/c1-7-9(2)14-10(3)8-13(16-15-6)11(4)12(14)5/h8-9,16H,6-7H2,1-5H3. The van der Waals surface area contributed by atoms with Gasteiger partial charge in [0, 0.05) is 6.72 Å². The van der Waals surface area contributed by atoms with E-state index in [1.54, 1.807) is 0 Å². The van der Waals surface area contributed by atoms with Crippen LogP contribution < -0.4 is 5.43 Å². The van der Waals surface area contributed by atoms with Gasteiger partial charge < -0.3 is 0 Å². The van der Waals surface area contributed by atoms with Crippen LogP contribution in [0.25, 0.3) is 0 Å². The summed E-state index contributed by atoms with van der Waals surface area (Å²) in [4.78, 5) is 0. The summed E-state index contributed by atoms with van der Waals surface area (Å²) in [6, 6.07) is 2.17. The molecule has 0 spiro atoms. The van der Waals surface area contributed by atoms with Crippen LogP contribution in [0.5, 0.6) is 0 Å². The number of anilines is 1. The van der Waals surface area contributed by atoms with Crippen molar-refractivity contribution < 1.29 is 0 Å². The lowest BCUT2D eigenvalue weighted by atomic mass is 9.87. The van der Waals surface area contributed by atoms with E-state index in [1.807, 2.05) is 0 Å². The number of aryl methyl sites for hydroxylation is 1. The topological polar surface area (TPSA) is 24.4 Å². The van der Waals surface area contributed by atoms with Crippen LogP contribution in [0.3, 0.4) is 0 Å². The second-order valence-electron chi connectivity index (χ2n) is 4.48. The zero-order valence-electron chi connectivity index (χ0n) is 11.0. The average Bonchev–Trinajstić information content (AvgIpc) is 2.25. The molecule has 0 fully saturated rings. The molecule has 0 aromatic heterocycles. The van der Waals surface area contributed by atoms with Crippen molar-refractivity contribution in [2.75, 3.05) is 5.43 Å². The molecule has 0 aliphatic rings. The normalized spacial score (nSPS) is 12.3. The summed E-state index contributed by atoms with van der Waals surface area (Å²) >= 11 is 0. The molecule has 2 nitrogen and oxygen atoms in total. The van der Waals surface area contributed by atoms with Crippen molar-refractivity contribution in [3.05, 3.63) is 28.3 Å². The van der Waals surface area contributed by atoms with Gasteiger partial charge in [0.1, 0.15) is 0 Å². The fourth-order valence-electron chi connectivity index (χ4n) is 2.27. The van der Waals surface area contributed by atoms with E-state index >= 15 is 0 Å². The number of benzene rings is 1. The van der Waals surface area contributed by atoms with Gasteiger partial charge in [-0.3, -0.25) is 5.43 Å². The van der Waals surface area contributed by atoms with Crippen molar-refractivity contribution in [2.24, 2.45) is 5.10 Å². The van der Waals surface area contributed by atoms with E-state index in [0.717, 1.165) is 5.69 Å². The minimum atomic E-state index is 0.615. The van der Waals surface area contributed by atoms with Crippen LogP contribution in [0.15, 0.2) is 11.2 Å². The number of rotatable bonds is 4. The van der Waals surface area contributed by atoms with E-state index in [2.05, 4.69) is 57.9 Å². The molecule has 0 bridgehead atoms. The van der Waals surface area contributed by atoms with E-state index in [9.17, 15) is 0 Å². The summed E-state index contributed by atoms with van der Waals surface area (Å²) in [5.74, 6) is 0.615. The Morgan fingerprint density at radius 2 is 1.94 bits per heavy atom. The molecule has 0 amide bonds. The van der Waals surface area contributed by atoms with Crippen molar-refractivity contribution in [3.8, 4) is 0 Å². The zero-order valence-corrected chi connectivity index (χ0v) is 11.0. The molecular formula is C14H22N2. The van der Waals surface area contributed by atoms with Gasteiger partial charge >= 0.3 is 0 Å². The van der Waals surface area contributed by atoms with E-state index in [1.165, 1.54) is 28.7 Å². The minimum Gasteiger partial charge on any atom is -0.279 e. The molecule has 0 aliphatic heterocycles. The average molecular weight is 218 g/mol. The fraction of sp³-hybridized carbons (Fsp3) is 0.500. The maximum absolute atomic E-state index is 3.74. The molecule has 1 rings (SSSR count). The predicted octanol–water partition coefficient (Wildman–Crippen LogP) is 4.15. The van der Waals surface area contributed by atoms with E-state index in [-0.39, 0.29) is 0 Å². The number of nitrogens with zero attached hydrogens (tertiary/aromatic N) is 1. The van der Waals surface area contributed by atoms with Crippen molar-refractivity contribution in [1.82, 2.24) is 0 Å². The van der Waals surface area contributed by atoms with Gasteiger partial charge in [-0.1, -0.05) is 13.8 Å². The van der Waals surface area contributed by atoms with Gasteiger partial charge in [0.05, 0.1) is 5.69 Å². The highest BCUT2D eigenvalue weighted by Gasteiger charge is 2.14. The van der Waals surface area contributed by atoms with Crippen LogP contribution in [0.4, 0.5) is 5.69 Å². The van der Waals surface area contributed by atoms with Crippen molar-refractivity contribution in [1.29, 1.82) is 0 Å². The Bertz CT molecular complexity index is 394. The van der Waals surface area contributed by atoms with Gasteiger partial charge in [-0.15, -0.1) is 0 Å². The molecule has 1 N–H and O–H groups in total. The van der Waals surface area contributed by atoms with Crippen LogP contribution in [-0.2, 0) is 0 Å². The summed E-state index contributed by atoms with van der Waals surface area (Å²) in [6.45, 7) is 14.5. The third-order valence-electron chi connectivity index (χ3n) is 3.46. The van der Waals surface area contributed by atoms with Gasteiger partial charge in [-0.05, 0) is 61.4 Å². The monoisotopic (exact) mass is 218 g/mol. The highest BCUT2D eigenvalue weighted by Crippen LogP contribution is 2.32. The van der Waals surface area contributed by atoms with Crippen LogP contribution in [0, 0.1) is 20.8 Å². The van der Waals surface area contributed by atoms with Gasteiger partial charge in [-0.2, -0.15) is 5.10 Å². The first-order valence-corrected chi connectivity index (χ1v) is 5.85. The van der Waals surface area contributed by atoms with Crippen LogP contribution in [0.1, 0.15) is 48.4 Å². The Labute approximate surface area is 98.8 Å². The van der Waals surface area contributed by atoms with Crippen LogP contribution >= 0.6 is 0 Å². The molecule has 1 aromatic rings. The second kappa shape index (κ2) is 5.15. The van der Waals surface area contributed by atoms with Crippen molar-refractivity contribution >= 4 is 12.4 Å². The maximum Gasteiger partial charge on any atom is 0.0596 e. The molecule has 0 saturated heterocycles. The Balaban J connectivity index is 3.33. The van der Waals surface area contributed by atoms with Gasteiger partial charge in [0.25, 0.3) is 0 Å². The summed E-state index contributed by atoms with van der Waals surface area (Å²) in [6.07, 6.45) is 1.17. The first-order valence-electron chi connectivity index (χ1n) is 5.85. The summed E-state index contributed by atoms with van der Waals surface area (Å²) in [7, 11) is 0. The molecule has 1 atom stereocenters. The summed E-state index contributed by atoms with van der Waals surface area (Å²) < 4.78 is 0. The lowest BCUT2D eigenvalue weighted by Crippen LogP contribution is -2.03. The number of hydrazone groups is 1. The zero-order chi connectivity index (χ0) is 12.3. The molecule has 1 unspecified atom stereocenters. The maximum atomic E-state index is 3.74. The first kappa shape index (κ1) is 12.8. The molecule has 88 valence electrons. The lowest BCUT2D eigenvalue weighted by molar-refractivity contribution is 0.721. The molecule has 16 heavy (non-hydrogen) atoms. The molecule has 0 radical (unpaired) electrons. The smallest absolute Gasteiger partial charge is 0.0596 e. The van der Waals surface area contributed by atoms with E-state index < -0.39 is 0 Å². The van der Waals surface area contributed by atoms with Gasteiger partial charge in [0.15, 0.2) is 0 Å². The Morgan fingerprint density at radius 1 is 1.31 bits per heavy atom. The quantitative estimate of drug-likeness (QED) is 0.595. The second-order valence-corrected chi connectivity index (χ2v) is 4.48. The highest BCUT2D eigenvalue weighted by atomic mass is 15.3.